The molecular weight excluding hydrogens is 456 g/mol. The first kappa shape index (κ1) is 22.4. The van der Waals surface area contributed by atoms with Gasteiger partial charge in [-0.2, -0.15) is 0 Å². The van der Waals surface area contributed by atoms with E-state index in [1.54, 1.807) is 12.3 Å². The number of aromatic nitrogens is 4. The molecule has 0 amide bonds. The molecule has 0 radical (unpaired) electrons. The van der Waals surface area contributed by atoms with Crippen LogP contribution >= 0.6 is 0 Å². The molecule has 182 valence electrons. The number of hydrogen-bond donors (Lipinski definition) is 1. The summed E-state index contributed by atoms with van der Waals surface area (Å²) >= 11 is 0. The van der Waals surface area contributed by atoms with Gasteiger partial charge in [0.25, 0.3) is 0 Å². The van der Waals surface area contributed by atoms with Crippen molar-refractivity contribution in [2.75, 3.05) is 13.2 Å². The Labute approximate surface area is 207 Å². The quantitative estimate of drug-likeness (QED) is 0.349. The third-order valence-electron chi connectivity index (χ3n) is 7.20. The highest BCUT2D eigenvalue weighted by Crippen LogP contribution is 2.41. The maximum Gasteiger partial charge on any atom is 0.354 e. The Morgan fingerprint density at radius 3 is 2.53 bits per heavy atom. The summed E-state index contributed by atoms with van der Waals surface area (Å²) < 4.78 is 13.4. The van der Waals surface area contributed by atoms with Crippen molar-refractivity contribution < 1.29 is 19.2 Å². The van der Waals surface area contributed by atoms with E-state index in [0.29, 0.717) is 19.1 Å². The predicted octanol–water partition coefficient (Wildman–Crippen LogP) is 5.57. The van der Waals surface area contributed by atoms with Crippen molar-refractivity contribution in [2.24, 2.45) is 5.92 Å². The van der Waals surface area contributed by atoms with Gasteiger partial charge in [0.2, 0.25) is 0 Å². The van der Waals surface area contributed by atoms with Gasteiger partial charge < -0.3 is 18.9 Å². The molecule has 5 aromatic rings. The van der Waals surface area contributed by atoms with E-state index in [2.05, 4.69) is 32.9 Å². The molecule has 0 bridgehead atoms. The number of carbonyl (C=O) groups is 1. The number of carboxylic acid groups (broad SMARTS) is 1. The Bertz CT molecular complexity index is 1560. The summed E-state index contributed by atoms with van der Waals surface area (Å²) in [4.78, 5) is 21.0. The summed E-state index contributed by atoms with van der Waals surface area (Å²) in [5.41, 5.74) is 6.33. The molecular formula is C28H26N4O4. The molecule has 1 fully saturated rings. The maximum atomic E-state index is 11.9. The number of benzene rings is 1. The van der Waals surface area contributed by atoms with Gasteiger partial charge in [0.1, 0.15) is 11.5 Å². The molecule has 0 saturated carbocycles. The first-order valence-corrected chi connectivity index (χ1v) is 12.1. The zero-order valence-electron chi connectivity index (χ0n) is 20.1. The highest BCUT2D eigenvalue weighted by Gasteiger charge is 2.31. The van der Waals surface area contributed by atoms with Crippen LogP contribution in [0, 0.1) is 19.8 Å². The number of pyridine rings is 2. The molecule has 5 heterocycles. The predicted molar refractivity (Wildman–Crippen MR) is 135 cm³/mol. The number of fused-ring (bicyclic) bond motifs is 3. The van der Waals surface area contributed by atoms with Crippen LogP contribution in [0.1, 0.15) is 46.4 Å². The van der Waals surface area contributed by atoms with E-state index in [1.807, 2.05) is 38.2 Å². The van der Waals surface area contributed by atoms with Crippen LogP contribution in [0.2, 0.25) is 0 Å². The zero-order chi connectivity index (χ0) is 24.8. The van der Waals surface area contributed by atoms with Gasteiger partial charge in [0, 0.05) is 42.1 Å². The molecule has 1 N–H and O–H groups in total. The minimum absolute atomic E-state index is 0.0105. The SMILES string of the molecule is Cc1noc(C)c1-c1cnc2c3cnc(C(=O)O)cc3n(C(c3ccccc3)C3CCOCC3)c2c1. The van der Waals surface area contributed by atoms with Gasteiger partial charge in [0.05, 0.1) is 28.3 Å². The number of rotatable bonds is 5. The minimum Gasteiger partial charge on any atom is -0.477 e. The maximum absolute atomic E-state index is 11.9. The number of aromatic carboxylic acids is 1. The largest absolute Gasteiger partial charge is 0.477 e. The topological polar surface area (TPSA) is 103 Å². The lowest BCUT2D eigenvalue weighted by atomic mass is 9.86. The van der Waals surface area contributed by atoms with E-state index in [-0.39, 0.29) is 11.7 Å². The molecule has 6 rings (SSSR count). The third kappa shape index (κ3) is 3.65. The molecule has 0 aliphatic carbocycles. The lowest BCUT2D eigenvalue weighted by molar-refractivity contribution is 0.0553. The van der Waals surface area contributed by atoms with Crippen LogP contribution in [0.25, 0.3) is 33.1 Å². The lowest BCUT2D eigenvalue weighted by Crippen LogP contribution is -2.27. The second-order valence-electron chi connectivity index (χ2n) is 9.36. The highest BCUT2D eigenvalue weighted by atomic mass is 16.5. The Morgan fingerprint density at radius 1 is 1.06 bits per heavy atom. The van der Waals surface area contributed by atoms with Gasteiger partial charge >= 0.3 is 5.97 Å². The van der Waals surface area contributed by atoms with Gasteiger partial charge in [-0.1, -0.05) is 35.5 Å². The van der Waals surface area contributed by atoms with E-state index in [1.165, 1.54) is 5.56 Å². The molecule has 8 heteroatoms. The fourth-order valence-electron chi connectivity index (χ4n) is 5.56. The van der Waals surface area contributed by atoms with Gasteiger partial charge in [-0.3, -0.25) is 4.98 Å². The summed E-state index contributed by atoms with van der Waals surface area (Å²) in [6.45, 7) is 5.22. The molecule has 1 atom stereocenters. The Balaban J connectivity index is 1.69. The first-order valence-electron chi connectivity index (χ1n) is 12.1. The summed E-state index contributed by atoms with van der Waals surface area (Å²) in [7, 11) is 0. The van der Waals surface area contributed by atoms with E-state index in [0.717, 1.165) is 57.4 Å². The molecule has 1 aromatic carbocycles. The monoisotopic (exact) mass is 482 g/mol. The van der Waals surface area contributed by atoms with E-state index in [4.69, 9.17) is 14.2 Å². The van der Waals surface area contributed by atoms with Crippen LogP contribution in [0.15, 0.2) is 59.4 Å². The standard InChI is InChI=1S/C28H26N4O4/c1-16-25(17(2)36-31-16)20-12-24-26(30-14-20)21-15-29-22(28(33)34)13-23(21)32(24)27(18-6-4-3-5-7-18)19-8-10-35-11-9-19/h3-7,12-15,19,27H,8-11H2,1-2H3,(H,33,34). The van der Waals surface area contributed by atoms with Crippen LogP contribution < -0.4 is 0 Å². The molecule has 1 unspecified atom stereocenters. The number of hydrogen-bond acceptors (Lipinski definition) is 6. The molecule has 4 aromatic heterocycles. The fraction of sp³-hybridized carbons (Fsp3) is 0.286. The van der Waals surface area contributed by atoms with Gasteiger partial charge in [-0.05, 0) is 50.3 Å². The summed E-state index contributed by atoms with van der Waals surface area (Å²) in [6.07, 6.45) is 5.28. The average Bonchev–Trinajstić information content (AvgIpc) is 3.41. The second kappa shape index (κ2) is 8.87. The molecule has 36 heavy (non-hydrogen) atoms. The normalized spacial score (nSPS) is 15.5. The number of nitrogens with zero attached hydrogens (tertiary/aromatic N) is 4. The van der Waals surface area contributed by atoms with E-state index >= 15 is 0 Å². The van der Waals surface area contributed by atoms with Crippen LogP contribution in [0.3, 0.4) is 0 Å². The molecule has 1 aliphatic heterocycles. The average molecular weight is 483 g/mol. The highest BCUT2D eigenvalue weighted by molar-refractivity contribution is 6.07. The Morgan fingerprint density at radius 2 is 1.83 bits per heavy atom. The Hall–Kier alpha value is -4.04. The molecule has 0 spiro atoms. The van der Waals surface area contributed by atoms with Gasteiger partial charge in [-0.25, -0.2) is 9.78 Å². The molecule has 1 aliphatic rings. The van der Waals surface area contributed by atoms with Crippen molar-refractivity contribution in [2.45, 2.75) is 32.7 Å². The molecule has 1 saturated heterocycles. The minimum atomic E-state index is -1.06. The lowest BCUT2D eigenvalue weighted by Gasteiger charge is -2.33. The van der Waals surface area contributed by atoms with E-state index in [9.17, 15) is 9.90 Å². The molecule has 8 nitrogen and oxygen atoms in total. The van der Waals surface area contributed by atoms with Crippen molar-refractivity contribution in [3.8, 4) is 11.1 Å². The Kier molecular flexibility index (Phi) is 5.53. The second-order valence-corrected chi connectivity index (χ2v) is 9.36. The van der Waals surface area contributed by atoms with Crippen molar-refractivity contribution in [3.05, 3.63) is 77.6 Å². The van der Waals surface area contributed by atoms with Crippen LogP contribution in [0.4, 0.5) is 0 Å². The van der Waals surface area contributed by atoms with Gasteiger partial charge in [0.15, 0.2) is 0 Å². The summed E-state index contributed by atoms with van der Waals surface area (Å²) in [5, 5.41) is 14.7. The van der Waals surface area contributed by atoms with Crippen LogP contribution in [0.5, 0.6) is 0 Å². The number of ether oxygens (including phenoxy) is 1. The number of aryl methyl sites for hydroxylation is 2. The summed E-state index contributed by atoms with van der Waals surface area (Å²) in [5.74, 6) is -0.0142. The van der Waals surface area contributed by atoms with Crippen LogP contribution in [-0.2, 0) is 4.74 Å². The fourth-order valence-corrected chi connectivity index (χ4v) is 5.56. The van der Waals surface area contributed by atoms with Crippen LogP contribution in [-0.4, -0.2) is 44.0 Å². The van der Waals surface area contributed by atoms with Crippen molar-refractivity contribution in [3.63, 3.8) is 0 Å². The third-order valence-corrected chi connectivity index (χ3v) is 7.20. The summed E-state index contributed by atoms with van der Waals surface area (Å²) in [6, 6.07) is 14.2. The van der Waals surface area contributed by atoms with Crippen molar-refractivity contribution >= 4 is 27.9 Å². The first-order chi connectivity index (χ1) is 17.5. The van der Waals surface area contributed by atoms with Crippen molar-refractivity contribution in [1.82, 2.24) is 19.7 Å². The number of carboxylic acids is 1. The van der Waals surface area contributed by atoms with Crippen molar-refractivity contribution in [1.29, 1.82) is 0 Å². The smallest absolute Gasteiger partial charge is 0.354 e. The zero-order valence-corrected chi connectivity index (χ0v) is 20.1. The van der Waals surface area contributed by atoms with E-state index < -0.39 is 5.97 Å². The van der Waals surface area contributed by atoms with Gasteiger partial charge in [-0.15, -0.1) is 0 Å².